The van der Waals surface area contributed by atoms with E-state index in [9.17, 15) is 0 Å². The van der Waals surface area contributed by atoms with Gasteiger partial charge in [0.15, 0.2) is 0 Å². The number of unbranched alkanes of at least 4 members (excludes halogenated alkanes) is 3. The van der Waals surface area contributed by atoms with Crippen molar-refractivity contribution in [3.63, 3.8) is 0 Å². The Morgan fingerprint density at radius 2 is 1.22 bits per heavy atom. The van der Waals surface area contributed by atoms with Crippen LogP contribution in [-0.4, -0.2) is 30.1 Å². The first-order valence-electron chi connectivity index (χ1n) is 11.2. The lowest BCUT2D eigenvalue weighted by Crippen LogP contribution is -2.42. The minimum absolute atomic E-state index is 0.927. The van der Waals surface area contributed by atoms with Crippen LogP contribution in [0.15, 0.2) is 23.3 Å². The third-order valence-corrected chi connectivity index (χ3v) is 8.60. The molecular formula is C23H44O3Si. The zero-order chi connectivity index (χ0) is 19.8. The minimum atomic E-state index is -2.27. The third-order valence-electron chi connectivity index (χ3n) is 5.76. The first kappa shape index (κ1) is 24.6. The van der Waals surface area contributed by atoms with E-state index in [1.807, 2.05) is 0 Å². The molecule has 3 nitrogen and oxygen atoms in total. The Bertz CT molecular complexity index is 393. The Hall–Kier alpha value is -0.423. The van der Waals surface area contributed by atoms with E-state index in [-0.39, 0.29) is 0 Å². The molecule has 0 fully saturated rings. The van der Waals surface area contributed by atoms with Crippen molar-refractivity contribution in [2.75, 3.05) is 21.3 Å². The lowest BCUT2D eigenvalue weighted by atomic mass is 9.97. The lowest BCUT2D eigenvalue weighted by Gasteiger charge is -2.24. The third kappa shape index (κ3) is 10.1. The molecule has 0 unspecified atom stereocenters. The maximum Gasteiger partial charge on any atom is 0.500 e. The minimum Gasteiger partial charge on any atom is -0.377 e. The Kier molecular flexibility index (Phi) is 14.1. The van der Waals surface area contributed by atoms with Crippen molar-refractivity contribution in [3.05, 3.63) is 23.3 Å². The van der Waals surface area contributed by atoms with Crippen molar-refractivity contribution in [2.45, 2.75) is 103 Å². The molecule has 2 aliphatic carbocycles. The Morgan fingerprint density at radius 1 is 0.704 bits per heavy atom. The van der Waals surface area contributed by atoms with E-state index in [4.69, 9.17) is 13.3 Å². The van der Waals surface area contributed by atoms with Gasteiger partial charge in [0.1, 0.15) is 0 Å². The van der Waals surface area contributed by atoms with E-state index in [0.717, 1.165) is 12.5 Å². The molecule has 4 heteroatoms. The fourth-order valence-electron chi connectivity index (χ4n) is 3.94. The molecule has 0 N–H and O–H groups in total. The van der Waals surface area contributed by atoms with Gasteiger partial charge < -0.3 is 13.3 Å². The number of rotatable bonds is 9. The second-order valence-corrected chi connectivity index (χ2v) is 10.9. The zero-order valence-electron chi connectivity index (χ0n) is 18.5. The fourth-order valence-corrected chi connectivity index (χ4v) is 5.73. The molecule has 0 saturated heterocycles. The van der Waals surface area contributed by atoms with Gasteiger partial charge in [-0.15, -0.1) is 0 Å². The normalized spacial score (nSPS) is 18.5. The van der Waals surface area contributed by atoms with Crippen LogP contribution in [0.1, 0.15) is 96.8 Å². The predicted molar refractivity (Wildman–Crippen MR) is 118 cm³/mol. The maximum absolute atomic E-state index is 5.31. The predicted octanol–water partition coefficient (Wildman–Crippen LogP) is 7.21. The van der Waals surface area contributed by atoms with E-state index < -0.39 is 8.80 Å². The quantitative estimate of drug-likeness (QED) is 0.304. The van der Waals surface area contributed by atoms with E-state index in [0.29, 0.717) is 0 Å². The van der Waals surface area contributed by atoms with Gasteiger partial charge >= 0.3 is 8.80 Å². The zero-order valence-corrected chi connectivity index (χ0v) is 19.5. The molecule has 0 radical (unpaired) electrons. The molecule has 2 rings (SSSR count). The summed E-state index contributed by atoms with van der Waals surface area (Å²) in [4.78, 5) is 0. The van der Waals surface area contributed by atoms with E-state index in [1.165, 1.54) is 83.5 Å². The monoisotopic (exact) mass is 396 g/mol. The van der Waals surface area contributed by atoms with Gasteiger partial charge in [-0.3, -0.25) is 0 Å². The summed E-state index contributed by atoms with van der Waals surface area (Å²) in [6.07, 6.45) is 23.8. The molecular weight excluding hydrogens is 352 g/mol. The van der Waals surface area contributed by atoms with Gasteiger partial charge in [0.2, 0.25) is 0 Å². The van der Waals surface area contributed by atoms with Crippen molar-refractivity contribution in [2.24, 2.45) is 0 Å². The fraction of sp³-hybridized carbons (Fsp3) is 0.826. The van der Waals surface area contributed by atoms with Crippen LogP contribution in [0.5, 0.6) is 0 Å². The van der Waals surface area contributed by atoms with Crippen molar-refractivity contribution in [1.82, 2.24) is 0 Å². The second-order valence-electron chi connectivity index (χ2n) is 7.76. The van der Waals surface area contributed by atoms with Crippen LogP contribution in [-0.2, 0) is 13.3 Å². The van der Waals surface area contributed by atoms with Crippen molar-refractivity contribution in [1.29, 1.82) is 0 Å². The van der Waals surface area contributed by atoms with Crippen LogP contribution in [0.2, 0.25) is 6.04 Å². The number of hydrogen-bond donors (Lipinski definition) is 0. The summed E-state index contributed by atoms with van der Waals surface area (Å²) in [5.41, 5.74) is 3.40. The first-order valence-corrected chi connectivity index (χ1v) is 13.2. The molecule has 27 heavy (non-hydrogen) atoms. The van der Waals surface area contributed by atoms with E-state index in [2.05, 4.69) is 19.1 Å². The molecule has 0 bridgehead atoms. The molecule has 2 aliphatic rings. The highest BCUT2D eigenvalue weighted by Crippen LogP contribution is 2.29. The van der Waals surface area contributed by atoms with Gasteiger partial charge in [-0.2, -0.15) is 0 Å². The molecule has 0 heterocycles. The van der Waals surface area contributed by atoms with Crippen LogP contribution >= 0.6 is 0 Å². The first-order chi connectivity index (χ1) is 13.2. The van der Waals surface area contributed by atoms with Crippen LogP contribution in [0, 0.1) is 0 Å². The average molecular weight is 397 g/mol. The topological polar surface area (TPSA) is 27.7 Å². The largest absolute Gasteiger partial charge is 0.500 e. The lowest BCUT2D eigenvalue weighted by molar-refractivity contribution is 0.122. The van der Waals surface area contributed by atoms with Crippen molar-refractivity contribution in [3.8, 4) is 0 Å². The van der Waals surface area contributed by atoms with E-state index in [1.54, 1.807) is 32.5 Å². The average Bonchev–Trinajstić information content (AvgIpc) is 3.14. The van der Waals surface area contributed by atoms with Crippen LogP contribution in [0.25, 0.3) is 0 Å². The van der Waals surface area contributed by atoms with E-state index >= 15 is 0 Å². The summed E-state index contributed by atoms with van der Waals surface area (Å²) in [5, 5.41) is 0. The molecule has 0 saturated carbocycles. The summed E-state index contributed by atoms with van der Waals surface area (Å²) < 4.78 is 15.9. The second kappa shape index (κ2) is 15.5. The smallest absolute Gasteiger partial charge is 0.377 e. The van der Waals surface area contributed by atoms with Crippen LogP contribution < -0.4 is 0 Å². The van der Waals surface area contributed by atoms with Gasteiger partial charge in [0.25, 0.3) is 0 Å². The Balaban J connectivity index is 0.000000271. The molecule has 0 aliphatic heterocycles. The van der Waals surface area contributed by atoms with Gasteiger partial charge in [0.05, 0.1) is 0 Å². The Labute approximate surface area is 169 Å². The van der Waals surface area contributed by atoms with Crippen molar-refractivity contribution >= 4 is 8.80 Å². The maximum atomic E-state index is 5.31. The number of allylic oxidation sites excluding steroid dienone is 4. The van der Waals surface area contributed by atoms with Crippen LogP contribution in [0.3, 0.4) is 0 Å². The highest BCUT2D eigenvalue weighted by molar-refractivity contribution is 6.60. The van der Waals surface area contributed by atoms with Crippen molar-refractivity contribution < 1.29 is 13.3 Å². The summed E-state index contributed by atoms with van der Waals surface area (Å²) in [6.45, 7) is 2.20. The van der Waals surface area contributed by atoms with Gasteiger partial charge in [-0.05, 0) is 68.9 Å². The summed E-state index contributed by atoms with van der Waals surface area (Å²) in [5.74, 6) is 0. The van der Waals surface area contributed by atoms with Gasteiger partial charge in [-0.25, -0.2) is 0 Å². The van der Waals surface area contributed by atoms with Crippen LogP contribution in [0.4, 0.5) is 0 Å². The molecule has 0 aromatic heterocycles. The Morgan fingerprint density at radius 3 is 1.67 bits per heavy atom. The summed E-state index contributed by atoms with van der Waals surface area (Å²) >= 11 is 0. The summed E-state index contributed by atoms with van der Waals surface area (Å²) in [6, 6.07) is 0.927. The highest BCUT2D eigenvalue weighted by Gasteiger charge is 2.36. The standard InChI is InChI=1S/C14H22.C9H22O3Si/c1-2-6-10-13(9-5-1)14-11-7-3-4-8-12-14;1-5-6-7-8-9-13(10-2,11-3)12-4/h9,11H,1-8,10,12H2;5-9H2,1-4H3. The molecule has 0 spiro atoms. The van der Waals surface area contributed by atoms with Gasteiger partial charge in [-0.1, -0.05) is 51.2 Å². The molecule has 158 valence electrons. The SMILES string of the molecule is C1=C(C2=CCCCCC2)CCCCC1.CCCCCC[Si](OC)(OC)OC. The van der Waals surface area contributed by atoms with Gasteiger partial charge in [0, 0.05) is 27.4 Å². The number of hydrogen-bond acceptors (Lipinski definition) is 3. The summed E-state index contributed by atoms with van der Waals surface area (Å²) in [7, 11) is 2.73. The molecule has 0 amide bonds. The molecule has 0 atom stereocenters. The molecule has 0 aromatic rings. The molecule has 0 aromatic carbocycles. The highest BCUT2D eigenvalue weighted by atomic mass is 28.4.